The SMILES string of the molecule is CC(C)(C)/C(N)=C/N(N)[C@@H]1CCN(C2COC2)C[C@H]1O.CC(C)(C)C1=C(CN2CCOCC2)CC=N1.CC(C)(C)C1=CN([C@@H]2CCNC[C@H]2O)NN1.CC(C)(C)c1cn(CCCN2CCCC2)nn1.CCN1CC[C@@H](N2C=C(C(C)(C)C)NN2)[C@H](O)C1.[HH].[HH].[HH].[HH]. The van der Waals surface area contributed by atoms with Gasteiger partial charge < -0.3 is 61.5 Å². The molecule has 0 aliphatic carbocycles. The first-order valence-electron chi connectivity index (χ1n) is 32.8. The Balaban J connectivity index is 0.000000384. The number of rotatable bonds is 12. The number of β-amino-alcohol motifs (C(OH)–C–C–N with tert-alkyl or cyclic N) is 3. The first kappa shape index (κ1) is 72.1. The molecule has 0 spiro atoms. The molecule has 0 bridgehead atoms. The molecule has 0 amide bonds. The van der Waals surface area contributed by atoms with E-state index in [4.69, 9.17) is 21.1 Å². The summed E-state index contributed by atoms with van der Waals surface area (Å²) in [5.74, 6) is 6.08. The summed E-state index contributed by atoms with van der Waals surface area (Å²) < 4.78 is 12.6. The van der Waals surface area contributed by atoms with Crippen LogP contribution in [0.2, 0.25) is 0 Å². The molecule has 0 radical (unpaired) electrons. The molecule has 0 saturated carbocycles. The number of nitrogens with one attached hydrogen (secondary N) is 5. The summed E-state index contributed by atoms with van der Waals surface area (Å²) in [6, 6.07) is 0.689. The van der Waals surface area contributed by atoms with Crippen molar-refractivity contribution in [2.24, 2.45) is 38.2 Å². The summed E-state index contributed by atoms with van der Waals surface area (Å²) in [4.78, 5) is 14.1. The monoisotopic (exact) mass is 1230 g/mol. The van der Waals surface area contributed by atoms with Crippen molar-refractivity contribution in [2.75, 3.05) is 112 Å². The number of hydrogen-bond acceptors (Lipinski definition) is 22. The van der Waals surface area contributed by atoms with Crippen LogP contribution in [0.4, 0.5) is 0 Å². The Kier molecular flexibility index (Phi) is 26.8. The topological polar surface area (TPSA) is 257 Å². The molecule has 0 unspecified atom stereocenters. The van der Waals surface area contributed by atoms with Crippen LogP contribution in [0.15, 0.2) is 58.2 Å². The van der Waals surface area contributed by atoms with Crippen LogP contribution in [0, 0.1) is 21.7 Å². The van der Waals surface area contributed by atoms with E-state index < -0.39 is 6.10 Å². The van der Waals surface area contributed by atoms with E-state index >= 15 is 0 Å². The minimum atomic E-state index is -0.460. The predicted molar refractivity (Wildman–Crippen MR) is 358 cm³/mol. The zero-order chi connectivity index (χ0) is 63.9. The van der Waals surface area contributed by atoms with Gasteiger partial charge in [-0.3, -0.25) is 29.5 Å². The first-order chi connectivity index (χ1) is 40.8. The van der Waals surface area contributed by atoms with Crippen LogP contribution in [0.5, 0.6) is 0 Å². The zero-order valence-corrected chi connectivity index (χ0v) is 56.8. The van der Waals surface area contributed by atoms with Crippen molar-refractivity contribution in [1.29, 1.82) is 0 Å². The normalized spacial score (nSPS) is 26.7. The van der Waals surface area contributed by atoms with E-state index in [2.05, 4.69) is 177 Å². The second-order valence-electron chi connectivity index (χ2n) is 30.3. The number of allylic oxidation sites excluding steroid dienone is 4. The van der Waals surface area contributed by atoms with Crippen molar-refractivity contribution in [3.05, 3.63) is 58.9 Å². The predicted octanol–water partition coefficient (Wildman–Crippen LogP) is 5.56. The number of nitrogens with two attached hydrogens (primary N) is 2. The van der Waals surface area contributed by atoms with Gasteiger partial charge in [-0.1, -0.05) is 116 Å². The number of aliphatic hydroxyl groups excluding tert-OH is 3. The van der Waals surface area contributed by atoms with Crippen LogP contribution in [-0.4, -0.2) is 225 Å². The number of likely N-dealkylation sites (tertiary alicyclic amines) is 3. The van der Waals surface area contributed by atoms with Crippen molar-refractivity contribution in [3.63, 3.8) is 0 Å². The second-order valence-corrected chi connectivity index (χ2v) is 30.3. The molecule has 6 fully saturated rings. The molecular formula is C64H130N18O5. The van der Waals surface area contributed by atoms with E-state index in [1.165, 1.54) is 50.2 Å². The first-order valence-corrected chi connectivity index (χ1v) is 32.8. The largest absolute Gasteiger partial charge is 0.400 e. The Morgan fingerprint density at radius 3 is 1.83 bits per heavy atom. The van der Waals surface area contributed by atoms with Gasteiger partial charge in [0, 0.05) is 141 Å². The van der Waals surface area contributed by atoms with Gasteiger partial charge in [-0.05, 0) is 76.8 Å². The Bertz CT molecular complexity index is 2400. The minimum absolute atomic E-state index is 0. The van der Waals surface area contributed by atoms with Crippen molar-refractivity contribution >= 4 is 6.21 Å². The summed E-state index contributed by atoms with van der Waals surface area (Å²) in [6.07, 6.45) is 16.7. The summed E-state index contributed by atoms with van der Waals surface area (Å²) in [6.45, 7) is 51.8. The molecule has 23 heteroatoms. The number of aromatic nitrogens is 3. The molecule has 10 heterocycles. The molecule has 0 aromatic carbocycles. The summed E-state index contributed by atoms with van der Waals surface area (Å²) >= 11 is 0. The Hall–Kier alpha value is -3.95. The molecule has 6 saturated heterocycles. The molecule has 1 aromatic heterocycles. The maximum absolute atomic E-state index is 10.3. The van der Waals surface area contributed by atoms with Gasteiger partial charge in [0.2, 0.25) is 0 Å². The highest BCUT2D eigenvalue weighted by atomic mass is 16.5. The average molecular weight is 1230 g/mol. The maximum atomic E-state index is 10.3. The Labute approximate surface area is 530 Å². The third kappa shape index (κ3) is 22.4. The molecule has 6 atom stereocenters. The minimum Gasteiger partial charge on any atom is -0.400 e. The van der Waals surface area contributed by atoms with E-state index in [1.54, 1.807) is 11.2 Å². The highest BCUT2D eigenvalue weighted by Crippen LogP contribution is 2.34. The standard InChI is InChI=1S/C14H28N4O2.C13H26N4O.C13H24N4.C13H22N2O.C11H22N4O.4H2/c1-14(2,3)13(15)7-18(16)11-4-5-17(6-12(11)19)10-8-20-9-10;1-5-16-7-6-10(11(18)8-16)17-9-12(14-15-17)13(2,3)4;1-13(2,3)12-11-17(15-14-12)10-6-9-16-7-4-5-8-16;1-13(2,3)12-11(4-5-14-12)10-15-6-8-16-9-7-15;1-11(2,3)10-7-15(14-13-10)8-4-5-12-6-9(8)16;;;;/h7,10-12,19H,4-6,8-9,15-16H2,1-3H3;9-11,14-15,18H,5-8H2,1-4H3;11H,4-10H2,1-3H3;5H,4,6-10H2,1-3H3;7-9,12-14,16H,4-6H2,1-3H3;4*1H/b13-7-;;;;;;;;/t11-,12-;10-,11-;;;8-,9-;;;;/m11..1..../s1. The lowest BCUT2D eigenvalue weighted by molar-refractivity contribution is -0.0980. The number of aryl methyl sites for hydroxylation is 1. The molecular weight excluding hydrogens is 1100 g/mol. The Morgan fingerprint density at radius 2 is 1.33 bits per heavy atom. The lowest BCUT2D eigenvalue weighted by atomic mass is 9.89. The third-order valence-corrected chi connectivity index (χ3v) is 17.7. The molecule has 10 rings (SSSR count). The van der Waals surface area contributed by atoms with Gasteiger partial charge in [0.1, 0.15) is 0 Å². The van der Waals surface area contributed by atoms with E-state index in [1.807, 2.05) is 35.5 Å². The quantitative estimate of drug-likeness (QED) is 0.0908. The number of aliphatic hydroxyl groups is 3. The fourth-order valence-corrected chi connectivity index (χ4v) is 11.6. The number of morpholine rings is 1. The number of ether oxygens (including phenoxy) is 2. The molecule has 23 nitrogen and oxygen atoms in total. The van der Waals surface area contributed by atoms with Crippen LogP contribution >= 0.6 is 0 Å². The number of likely N-dealkylation sites (N-methyl/N-ethyl adjacent to an activating group) is 1. The van der Waals surface area contributed by atoms with Gasteiger partial charge in [0.25, 0.3) is 0 Å². The van der Waals surface area contributed by atoms with Gasteiger partial charge in [-0.15, -0.1) is 16.2 Å². The van der Waals surface area contributed by atoms with Crippen molar-refractivity contribution in [2.45, 2.75) is 210 Å². The average Bonchev–Trinajstić information content (AvgIpc) is 1.53. The number of aliphatic imine (C=N–C) groups is 1. The van der Waals surface area contributed by atoms with Crippen LogP contribution < -0.4 is 38.8 Å². The second kappa shape index (κ2) is 32.4. The van der Waals surface area contributed by atoms with Gasteiger partial charge in [-0.25, -0.2) is 5.84 Å². The van der Waals surface area contributed by atoms with Crippen molar-refractivity contribution in [1.82, 2.24) is 76.9 Å². The van der Waals surface area contributed by atoms with E-state index in [9.17, 15) is 15.3 Å². The molecule has 9 aliphatic rings. The van der Waals surface area contributed by atoms with Crippen molar-refractivity contribution < 1.29 is 30.5 Å². The summed E-state index contributed by atoms with van der Waals surface area (Å²) in [5.41, 5.74) is 25.9. The van der Waals surface area contributed by atoms with E-state index in [0.29, 0.717) is 19.1 Å². The number of nitrogens with zero attached hydrogens (tertiary/aromatic N) is 11. The van der Waals surface area contributed by atoms with Gasteiger partial charge in [0.15, 0.2) is 0 Å². The summed E-state index contributed by atoms with van der Waals surface area (Å²) in [7, 11) is 0. The lowest BCUT2D eigenvalue weighted by Gasteiger charge is -2.45. The van der Waals surface area contributed by atoms with Crippen LogP contribution in [-0.2, 0) is 21.4 Å². The van der Waals surface area contributed by atoms with Gasteiger partial charge >= 0.3 is 0 Å². The van der Waals surface area contributed by atoms with Gasteiger partial charge in [-0.2, -0.15) is 0 Å². The Morgan fingerprint density at radius 1 is 0.713 bits per heavy atom. The fraction of sp³-hybridized carbons (Fsp3) is 0.828. The third-order valence-electron chi connectivity index (χ3n) is 17.7. The van der Waals surface area contributed by atoms with Crippen LogP contribution in [0.25, 0.3) is 0 Å². The molecule has 9 aliphatic heterocycles. The maximum Gasteiger partial charge on any atom is 0.0886 e. The van der Waals surface area contributed by atoms with Crippen LogP contribution in [0.3, 0.4) is 0 Å². The lowest BCUT2D eigenvalue weighted by Crippen LogP contribution is -2.60. The molecule has 506 valence electrons. The molecule has 1 aromatic rings. The van der Waals surface area contributed by atoms with Crippen LogP contribution in [0.1, 0.15) is 167 Å². The summed E-state index contributed by atoms with van der Waals surface area (Å²) in [5, 5.41) is 47.7. The van der Waals surface area contributed by atoms with Gasteiger partial charge in [0.05, 0.1) is 86.0 Å². The van der Waals surface area contributed by atoms with Crippen molar-refractivity contribution in [3.8, 4) is 0 Å². The molecule has 87 heavy (non-hydrogen) atoms. The fourth-order valence-electron chi connectivity index (χ4n) is 11.6. The number of piperidine rings is 3. The van der Waals surface area contributed by atoms with E-state index in [-0.39, 0.29) is 63.1 Å². The highest BCUT2D eigenvalue weighted by molar-refractivity contribution is 5.68. The molecule has 12 N–H and O–H groups in total. The number of hydrogen-bond donors (Lipinski definition) is 10. The highest BCUT2D eigenvalue weighted by Gasteiger charge is 2.38. The number of hydrazine groups is 5. The smallest absolute Gasteiger partial charge is 0.0886 e. The van der Waals surface area contributed by atoms with E-state index in [0.717, 1.165) is 134 Å². The zero-order valence-electron chi connectivity index (χ0n) is 56.8.